The summed E-state index contributed by atoms with van der Waals surface area (Å²) in [7, 11) is 0. The zero-order valence-corrected chi connectivity index (χ0v) is 14.7. The van der Waals surface area contributed by atoms with Crippen molar-refractivity contribution in [1.82, 2.24) is 0 Å². The zero-order valence-electron chi connectivity index (χ0n) is 14.7. The molecule has 0 aliphatic rings. The summed E-state index contributed by atoms with van der Waals surface area (Å²) in [6, 6.07) is 4.09. The van der Waals surface area contributed by atoms with Gasteiger partial charge in [0, 0.05) is 12.5 Å². The van der Waals surface area contributed by atoms with Crippen molar-refractivity contribution < 1.29 is 4.57 Å². The quantitative estimate of drug-likeness (QED) is 0.288. The number of aromatic nitrogens is 1. The van der Waals surface area contributed by atoms with Crippen molar-refractivity contribution in [2.75, 3.05) is 0 Å². The minimum atomic E-state index is 0.388. The van der Waals surface area contributed by atoms with Gasteiger partial charge in [-0.05, 0) is 18.1 Å². The van der Waals surface area contributed by atoms with Gasteiger partial charge in [-0.25, -0.2) is 4.57 Å². The summed E-state index contributed by atoms with van der Waals surface area (Å²) in [6.07, 6.45) is 21.1. The van der Waals surface area contributed by atoms with Gasteiger partial charge in [-0.2, -0.15) is 0 Å². The Labute approximate surface area is 138 Å². The molecular weight excluding hydrogens is 268 g/mol. The molecule has 2 heteroatoms. The van der Waals surface area contributed by atoms with Crippen molar-refractivity contribution in [1.29, 1.82) is 0 Å². The Morgan fingerprint density at radius 1 is 0.818 bits per heavy atom. The summed E-state index contributed by atoms with van der Waals surface area (Å²) in [5, 5.41) is 0. The van der Waals surface area contributed by atoms with E-state index in [2.05, 4.69) is 30.0 Å². The van der Waals surface area contributed by atoms with Gasteiger partial charge in [0.05, 0.1) is 0 Å². The Kier molecular flexibility index (Phi) is 12.0. The Morgan fingerprint density at radius 2 is 1.36 bits per heavy atom. The summed E-state index contributed by atoms with van der Waals surface area (Å²) in [4.78, 5) is 0. The SMILES string of the molecule is CCCCCCCCCCCCCC[n+]1cccc(C[NH-])c1. The second kappa shape index (κ2) is 13.8. The Balaban J connectivity index is 1.87. The van der Waals surface area contributed by atoms with Crippen LogP contribution in [0.1, 0.15) is 89.5 Å². The summed E-state index contributed by atoms with van der Waals surface area (Å²) in [6.45, 7) is 3.77. The number of nitrogens with one attached hydrogen (secondary N) is 1. The molecule has 0 radical (unpaired) electrons. The lowest BCUT2D eigenvalue weighted by atomic mass is 10.1. The predicted octanol–water partition coefficient (Wildman–Crippen LogP) is 6.23. The van der Waals surface area contributed by atoms with Crippen LogP contribution in [0.15, 0.2) is 24.5 Å². The molecular formula is C20H36N2. The summed E-state index contributed by atoms with van der Waals surface area (Å²) >= 11 is 0. The molecule has 0 fully saturated rings. The van der Waals surface area contributed by atoms with Crippen LogP contribution in [0.4, 0.5) is 0 Å². The fourth-order valence-corrected chi connectivity index (χ4v) is 2.96. The topological polar surface area (TPSA) is 27.7 Å². The average Bonchev–Trinajstić information content (AvgIpc) is 2.56. The van der Waals surface area contributed by atoms with Crippen LogP contribution < -0.4 is 4.57 Å². The molecule has 1 aromatic rings. The van der Waals surface area contributed by atoms with Crippen LogP contribution in [0.5, 0.6) is 0 Å². The lowest BCUT2D eigenvalue weighted by Crippen LogP contribution is -2.33. The first-order valence-corrected chi connectivity index (χ1v) is 9.49. The van der Waals surface area contributed by atoms with Crippen molar-refractivity contribution in [2.24, 2.45) is 0 Å². The van der Waals surface area contributed by atoms with Crippen LogP contribution in [0.25, 0.3) is 5.73 Å². The molecule has 0 atom stereocenters. The first-order chi connectivity index (χ1) is 10.9. The van der Waals surface area contributed by atoms with Gasteiger partial charge in [0.2, 0.25) is 0 Å². The van der Waals surface area contributed by atoms with E-state index in [-0.39, 0.29) is 0 Å². The second-order valence-electron chi connectivity index (χ2n) is 6.52. The van der Waals surface area contributed by atoms with Crippen molar-refractivity contribution in [3.8, 4) is 0 Å². The third-order valence-corrected chi connectivity index (χ3v) is 4.39. The Bertz CT molecular complexity index is 362. The normalized spacial score (nSPS) is 11.0. The van der Waals surface area contributed by atoms with Crippen molar-refractivity contribution in [2.45, 2.75) is 97.1 Å². The summed E-state index contributed by atoms with van der Waals surface area (Å²) in [5.41, 5.74) is 8.51. The maximum absolute atomic E-state index is 7.40. The molecule has 0 aliphatic heterocycles. The van der Waals surface area contributed by atoms with Crippen LogP contribution in [0.2, 0.25) is 0 Å². The van der Waals surface area contributed by atoms with Crippen molar-refractivity contribution >= 4 is 0 Å². The van der Waals surface area contributed by atoms with Gasteiger partial charge in [0.1, 0.15) is 6.54 Å². The lowest BCUT2D eigenvalue weighted by Gasteiger charge is -2.03. The molecule has 0 spiro atoms. The van der Waals surface area contributed by atoms with E-state index in [0.717, 1.165) is 12.1 Å². The van der Waals surface area contributed by atoms with Gasteiger partial charge in [-0.3, -0.25) is 0 Å². The monoisotopic (exact) mass is 304 g/mol. The van der Waals surface area contributed by atoms with Crippen LogP contribution in [-0.4, -0.2) is 0 Å². The molecule has 22 heavy (non-hydrogen) atoms. The number of nitrogens with zero attached hydrogens (tertiary/aromatic N) is 1. The highest BCUT2D eigenvalue weighted by Crippen LogP contribution is 2.11. The second-order valence-corrected chi connectivity index (χ2v) is 6.52. The predicted molar refractivity (Wildman–Crippen MR) is 95.7 cm³/mol. The molecule has 1 heterocycles. The van der Waals surface area contributed by atoms with E-state index in [1.54, 1.807) is 0 Å². The Hall–Kier alpha value is -0.890. The van der Waals surface area contributed by atoms with Crippen LogP contribution in [0, 0.1) is 0 Å². The van der Waals surface area contributed by atoms with Gasteiger partial charge >= 0.3 is 0 Å². The maximum atomic E-state index is 7.40. The van der Waals surface area contributed by atoms with E-state index in [1.165, 1.54) is 77.0 Å². The molecule has 0 unspecified atom stereocenters. The van der Waals surface area contributed by atoms with Gasteiger partial charge in [-0.15, -0.1) is 6.54 Å². The van der Waals surface area contributed by atoms with E-state index in [4.69, 9.17) is 5.73 Å². The zero-order chi connectivity index (χ0) is 15.9. The molecule has 0 saturated carbocycles. The third-order valence-electron chi connectivity index (χ3n) is 4.39. The number of hydrogen-bond donors (Lipinski definition) is 0. The molecule has 1 aromatic heterocycles. The summed E-state index contributed by atoms with van der Waals surface area (Å²) in [5.74, 6) is 0. The highest BCUT2D eigenvalue weighted by atomic mass is 14.9. The number of pyridine rings is 1. The third kappa shape index (κ3) is 9.94. The van der Waals surface area contributed by atoms with Crippen molar-refractivity contribution in [3.05, 3.63) is 35.8 Å². The molecule has 0 saturated heterocycles. The van der Waals surface area contributed by atoms with E-state index in [1.807, 2.05) is 6.07 Å². The van der Waals surface area contributed by atoms with Gasteiger partial charge < -0.3 is 5.73 Å². The lowest BCUT2D eigenvalue weighted by molar-refractivity contribution is -0.697. The first kappa shape index (κ1) is 19.2. The van der Waals surface area contributed by atoms with E-state index in [9.17, 15) is 0 Å². The molecule has 0 bridgehead atoms. The molecule has 1 N–H and O–H groups in total. The number of unbranched alkanes of at least 4 members (excludes halogenated alkanes) is 11. The molecule has 0 aromatic carbocycles. The van der Waals surface area contributed by atoms with Crippen LogP contribution in [0.3, 0.4) is 0 Å². The first-order valence-electron chi connectivity index (χ1n) is 9.49. The summed E-state index contributed by atoms with van der Waals surface area (Å²) < 4.78 is 2.24. The molecule has 0 amide bonds. The maximum Gasteiger partial charge on any atom is 0.170 e. The highest BCUT2D eigenvalue weighted by Gasteiger charge is 2.00. The minimum Gasteiger partial charge on any atom is -0.673 e. The van der Waals surface area contributed by atoms with Gasteiger partial charge in [-0.1, -0.05) is 71.1 Å². The van der Waals surface area contributed by atoms with Crippen LogP contribution in [-0.2, 0) is 13.1 Å². The van der Waals surface area contributed by atoms with E-state index in [0.29, 0.717) is 6.54 Å². The standard InChI is InChI=1S/C20H36N2/c1-2-3-4-5-6-7-8-9-10-11-12-13-16-22-17-14-15-20(18-21)19-22/h14-15,17,19,21H,2-13,16,18H2,1H3. The van der Waals surface area contributed by atoms with Crippen molar-refractivity contribution in [3.63, 3.8) is 0 Å². The fourth-order valence-electron chi connectivity index (χ4n) is 2.96. The largest absolute Gasteiger partial charge is 0.673 e. The number of aryl methyl sites for hydroxylation is 1. The fraction of sp³-hybridized carbons (Fsp3) is 0.750. The van der Waals surface area contributed by atoms with E-state index >= 15 is 0 Å². The minimum absolute atomic E-state index is 0.388. The smallest absolute Gasteiger partial charge is 0.170 e. The molecule has 126 valence electrons. The van der Waals surface area contributed by atoms with Gasteiger partial charge in [0.25, 0.3) is 0 Å². The highest BCUT2D eigenvalue weighted by molar-refractivity contribution is 5.06. The van der Waals surface area contributed by atoms with Crippen LogP contribution >= 0.6 is 0 Å². The molecule has 0 aliphatic carbocycles. The number of hydrogen-bond acceptors (Lipinski definition) is 0. The van der Waals surface area contributed by atoms with Gasteiger partial charge in [0.15, 0.2) is 12.4 Å². The Morgan fingerprint density at radius 3 is 1.91 bits per heavy atom. The number of rotatable bonds is 14. The molecule has 1 rings (SSSR count). The molecule has 2 nitrogen and oxygen atoms in total. The average molecular weight is 305 g/mol. The van der Waals surface area contributed by atoms with E-state index < -0.39 is 0 Å².